The summed E-state index contributed by atoms with van der Waals surface area (Å²) in [6.45, 7) is 0.502. The van der Waals surface area contributed by atoms with E-state index in [-0.39, 0.29) is 12.6 Å². The van der Waals surface area contributed by atoms with Gasteiger partial charge in [-0.05, 0) is 29.0 Å². The van der Waals surface area contributed by atoms with Crippen LogP contribution in [0.15, 0.2) is 84.9 Å². The molecule has 128 valence electrons. The van der Waals surface area contributed by atoms with Crippen LogP contribution in [0.3, 0.4) is 0 Å². The second-order valence-corrected chi connectivity index (χ2v) is 6.00. The molecule has 0 spiro atoms. The Hall–Kier alpha value is -3.33. The van der Waals surface area contributed by atoms with Crippen molar-refractivity contribution in [1.29, 1.82) is 0 Å². The normalized spacial score (nSPS) is 10.8. The Morgan fingerprint density at radius 3 is 1.92 bits per heavy atom. The molecule has 0 radical (unpaired) electrons. The summed E-state index contributed by atoms with van der Waals surface area (Å²) >= 11 is 0. The van der Waals surface area contributed by atoms with E-state index in [1.165, 1.54) is 0 Å². The number of benzene rings is 4. The molecule has 0 amide bonds. The van der Waals surface area contributed by atoms with Gasteiger partial charge in [0.05, 0.1) is 5.56 Å². The minimum Gasteiger partial charge on any atom is -0.489 e. The Labute approximate surface area is 151 Å². The van der Waals surface area contributed by atoms with E-state index in [2.05, 4.69) is 18.2 Å². The van der Waals surface area contributed by atoms with Gasteiger partial charge in [-0.1, -0.05) is 66.7 Å². The molecule has 0 saturated carbocycles. The predicted molar refractivity (Wildman–Crippen MR) is 104 cm³/mol. The van der Waals surface area contributed by atoms with Crippen molar-refractivity contribution in [2.24, 2.45) is 0 Å². The van der Waals surface area contributed by atoms with Crippen LogP contribution in [0, 0.1) is 0 Å². The smallest absolute Gasteiger partial charge is 0.338 e. The van der Waals surface area contributed by atoms with Crippen molar-refractivity contribution in [1.82, 2.24) is 0 Å². The van der Waals surface area contributed by atoms with E-state index in [4.69, 9.17) is 9.47 Å². The van der Waals surface area contributed by atoms with Gasteiger partial charge in [0, 0.05) is 10.8 Å². The van der Waals surface area contributed by atoms with Crippen molar-refractivity contribution in [2.75, 3.05) is 13.2 Å². The molecule has 0 saturated heterocycles. The maximum atomic E-state index is 12.0. The number of hydrogen-bond acceptors (Lipinski definition) is 3. The molecule has 3 nitrogen and oxygen atoms in total. The fourth-order valence-electron chi connectivity index (χ4n) is 3.06. The fraction of sp³-hybridized carbons (Fsp3) is 0.0870. The molecule has 0 aliphatic carbocycles. The third kappa shape index (κ3) is 3.24. The third-order valence-corrected chi connectivity index (χ3v) is 4.29. The lowest BCUT2D eigenvalue weighted by Gasteiger charge is -2.13. The highest BCUT2D eigenvalue weighted by Crippen LogP contribution is 2.34. The average Bonchev–Trinajstić information content (AvgIpc) is 2.71. The summed E-state index contributed by atoms with van der Waals surface area (Å²) in [6, 6.07) is 27.4. The Morgan fingerprint density at radius 2 is 1.27 bits per heavy atom. The molecule has 0 aliphatic heterocycles. The van der Waals surface area contributed by atoms with E-state index in [0.29, 0.717) is 12.2 Å². The molecule has 0 unspecified atom stereocenters. The molecule has 0 atom stereocenters. The standard InChI is InChI=1S/C23H18O3/c24-23(17-8-2-1-3-9-17)26-15-14-25-22-20-12-6-4-10-18(20)16-19-11-5-7-13-21(19)22/h1-13,16H,14-15H2. The van der Waals surface area contributed by atoms with Crippen LogP contribution in [-0.2, 0) is 4.74 Å². The number of rotatable bonds is 5. The molecule has 4 aromatic rings. The fourth-order valence-corrected chi connectivity index (χ4v) is 3.06. The number of carbonyl (C=O) groups excluding carboxylic acids is 1. The predicted octanol–water partition coefficient (Wildman–Crippen LogP) is 5.23. The van der Waals surface area contributed by atoms with Crippen LogP contribution in [0.1, 0.15) is 10.4 Å². The van der Waals surface area contributed by atoms with Gasteiger partial charge in [0.1, 0.15) is 19.0 Å². The monoisotopic (exact) mass is 342 g/mol. The molecule has 0 aromatic heterocycles. The van der Waals surface area contributed by atoms with Crippen molar-refractivity contribution in [3.63, 3.8) is 0 Å². The average molecular weight is 342 g/mol. The van der Waals surface area contributed by atoms with Gasteiger partial charge in [0.15, 0.2) is 0 Å². The van der Waals surface area contributed by atoms with Crippen LogP contribution in [0.25, 0.3) is 21.5 Å². The van der Waals surface area contributed by atoms with E-state index in [1.807, 2.05) is 54.6 Å². The first-order valence-corrected chi connectivity index (χ1v) is 8.58. The highest BCUT2D eigenvalue weighted by atomic mass is 16.6. The first-order chi connectivity index (χ1) is 12.8. The number of fused-ring (bicyclic) bond motifs is 2. The van der Waals surface area contributed by atoms with E-state index in [9.17, 15) is 4.79 Å². The first-order valence-electron chi connectivity index (χ1n) is 8.58. The lowest BCUT2D eigenvalue weighted by atomic mass is 10.0. The quantitative estimate of drug-likeness (QED) is 0.283. The maximum Gasteiger partial charge on any atom is 0.338 e. The second kappa shape index (κ2) is 7.28. The van der Waals surface area contributed by atoms with Gasteiger partial charge in [-0.3, -0.25) is 0 Å². The topological polar surface area (TPSA) is 35.5 Å². The zero-order valence-electron chi connectivity index (χ0n) is 14.2. The minimum absolute atomic E-state index is 0.200. The summed E-state index contributed by atoms with van der Waals surface area (Å²) in [4.78, 5) is 12.0. The van der Waals surface area contributed by atoms with Crippen LogP contribution in [0.4, 0.5) is 0 Å². The Balaban J connectivity index is 1.52. The number of hydrogen-bond donors (Lipinski definition) is 0. The zero-order valence-corrected chi connectivity index (χ0v) is 14.2. The van der Waals surface area contributed by atoms with Crippen LogP contribution >= 0.6 is 0 Å². The van der Waals surface area contributed by atoms with Gasteiger partial charge >= 0.3 is 5.97 Å². The highest BCUT2D eigenvalue weighted by molar-refractivity contribution is 6.05. The highest BCUT2D eigenvalue weighted by Gasteiger charge is 2.10. The van der Waals surface area contributed by atoms with Gasteiger partial charge in [-0.2, -0.15) is 0 Å². The number of carbonyl (C=O) groups is 1. The van der Waals surface area contributed by atoms with Crippen molar-refractivity contribution >= 4 is 27.5 Å². The molecule has 3 heteroatoms. The minimum atomic E-state index is -0.336. The van der Waals surface area contributed by atoms with Crippen LogP contribution in [0.2, 0.25) is 0 Å². The van der Waals surface area contributed by atoms with Gasteiger partial charge in [-0.25, -0.2) is 4.79 Å². The summed E-state index contributed by atoms with van der Waals surface area (Å²) in [5.74, 6) is 0.492. The number of ether oxygens (including phenoxy) is 2. The van der Waals surface area contributed by atoms with Crippen molar-refractivity contribution in [3.05, 3.63) is 90.5 Å². The lowest BCUT2D eigenvalue weighted by molar-refractivity contribution is 0.0452. The van der Waals surface area contributed by atoms with Gasteiger partial charge in [0.2, 0.25) is 0 Å². The molecule has 0 aliphatic rings. The van der Waals surface area contributed by atoms with Crippen molar-refractivity contribution in [3.8, 4) is 5.75 Å². The molecule has 0 N–H and O–H groups in total. The Morgan fingerprint density at radius 1 is 0.692 bits per heavy atom. The molecule has 0 heterocycles. The molecule has 4 aromatic carbocycles. The van der Waals surface area contributed by atoms with Crippen molar-refractivity contribution in [2.45, 2.75) is 0 Å². The first kappa shape index (κ1) is 16.2. The molecule has 0 bridgehead atoms. The second-order valence-electron chi connectivity index (χ2n) is 6.00. The van der Waals surface area contributed by atoms with Crippen LogP contribution < -0.4 is 4.74 Å². The molecule has 4 rings (SSSR count). The van der Waals surface area contributed by atoms with Crippen molar-refractivity contribution < 1.29 is 14.3 Å². The molecule has 0 fully saturated rings. The van der Waals surface area contributed by atoms with Gasteiger partial charge < -0.3 is 9.47 Å². The molecule has 26 heavy (non-hydrogen) atoms. The largest absolute Gasteiger partial charge is 0.489 e. The summed E-state index contributed by atoms with van der Waals surface area (Å²) in [6.07, 6.45) is 0. The third-order valence-electron chi connectivity index (χ3n) is 4.29. The van der Waals surface area contributed by atoms with Crippen LogP contribution in [0.5, 0.6) is 5.75 Å². The van der Waals surface area contributed by atoms with E-state index in [0.717, 1.165) is 27.3 Å². The summed E-state index contributed by atoms with van der Waals surface area (Å²) in [7, 11) is 0. The van der Waals surface area contributed by atoms with Crippen LogP contribution in [-0.4, -0.2) is 19.2 Å². The Kier molecular flexibility index (Phi) is 4.52. The lowest BCUT2D eigenvalue weighted by Crippen LogP contribution is -2.12. The SMILES string of the molecule is O=C(OCCOc1c2ccccc2cc2ccccc12)c1ccccc1. The summed E-state index contributed by atoms with van der Waals surface area (Å²) < 4.78 is 11.4. The van der Waals surface area contributed by atoms with E-state index >= 15 is 0 Å². The molecular weight excluding hydrogens is 324 g/mol. The van der Waals surface area contributed by atoms with Gasteiger partial charge in [0.25, 0.3) is 0 Å². The zero-order chi connectivity index (χ0) is 17.8. The Bertz CT molecular complexity index is 1000. The summed E-state index contributed by atoms with van der Waals surface area (Å²) in [5.41, 5.74) is 0.545. The van der Waals surface area contributed by atoms with Gasteiger partial charge in [-0.15, -0.1) is 0 Å². The molecular formula is C23H18O3. The summed E-state index contributed by atoms with van der Waals surface area (Å²) in [5, 5.41) is 4.37. The van der Waals surface area contributed by atoms with E-state index < -0.39 is 0 Å². The maximum absolute atomic E-state index is 12.0. The number of esters is 1. The van der Waals surface area contributed by atoms with E-state index in [1.54, 1.807) is 12.1 Å².